The molecular weight excluding hydrogens is 216 g/mol. The van der Waals surface area contributed by atoms with Gasteiger partial charge in [0.2, 0.25) is 5.91 Å². The van der Waals surface area contributed by atoms with E-state index < -0.39 is 0 Å². The standard InChI is InChI=1S/C13H28N2O2/c1-12(2,3)10-13(4,5)15-9-11(16)14-7-8-17-6/h15H,7-10H2,1-6H3,(H,14,16). The summed E-state index contributed by atoms with van der Waals surface area (Å²) in [6.45, 7) is 12.3. The lowest BCUT2D eigenvalue weighted by Crippen LogP contribution is -2.47. The highest BCUT2D eigenvalue weighted by Gasteiger charge is 2.25. The van der Waals surface area contributed by atoms with E-state index in [0.29, 0.717) is 19.7 Å². The summed E-state index contributed by atoms with van der Waals surface area (Å²) in [5.41, 5.74) is 0.222. The van der Waals surface area contributed by atoms with Crippen molar-refractivity contribution in [2.45, 2.75) is 46.6 Å². The van der Waals surface area contributed by atoms with Gasteiger partial charge in [0.15, 0.2) is 0 Å². The molecular formula is C13H28N2O2. The fourth-order valence-corrected chi connectivity index (χ4v) is 2.06. The fourth-order valence-electron chi connectivity index (χ4n) is 2.06. The predicted molar refractivity (Wildman–Crippen MR) is 71.0 cm³/mol. The average Bonchev–Trinajstić information content (AvgIpc) is 2.12. The number of nitrogens with one attached hydrogen (secondary N) is 2. The van der Waals surface area contributed by atoms with Crippen molar-refractivity contribution in [3.05, 3.63) is 0 Å². The summed E-state index contributed by atoms with van der Waals surface area (Å²) in [7, 11) is 1.62. The van der Waals surface area contributed by atoms with Gasteiger partial charge in [-0.05, 0) is 25.7 Å². The highest BCUT2D eigenvalue weighted by Crippen LogP contribution is 2.26. The first kappa shape index (κ1) is 16.4. The van der Waals surface area contributed by atoms with E-state index in [2.05, 4.69) is 45.3 Å². The lowest BCUT2D eigenvalue weighted by Gasteiger charge is -2.33. The zero-order valence-electron chi connectivity index (χ0n) is 12.1. The Morgan fingerprint density at radius 2 is 1.76 bits per heavy atom. The van der Waals surface area contributed by atoms with Crippen LogP contribution in [0.4, 0.5) is 0 Å². The predicted octanol–water partition coefficient (Wildman–Crippen LogP) is 1.55. The van der Waals surface area contributed by atoms with Crippen molar-refractivity contribution >= 4 is 5.91 Å². The fraction of sp³-hybridized carbons (Fsp3) is 0.923. The summed E-state index contributed by atoms with van der Waals surface area (Å²) in [6.07, 6.45) is 1.02. The molecule has 17 heavy (non-hydrogen) atoms. The lowest BCUT2D eigenvalue weighted by molar-refractivity contribution is -0.120. The van der Waals surface area contributed by atoms with Crippen molar-refractivity contribution in [2.75, 3.05) is 26.8 Å². The molecule has 0 aromatic heterocycles. The SMILES string of the molecule is COCCNC(=O)CNC(C)(C)CC(C)(C)C. The van der Waals surface area contributed by atoms with Gasteiger partial charge in [0.05, 0.1) is 13.2 Å². The number of amides is 1. The number of carbonyl (C=O) groups is 1. The van der Waals surface area contributed by atoms with Gasteiger partial charge in [-0.2, -0.15) is 0 Å². The van der Waals surface area contributed by atoms with Gasteiger partial charge in [0.1, 0.15) is 0 Å². The van der Waals surface area contributed by atoms with Gasteiger partial charge in [-0.15, -0.1) is 0 Å². The van der Waals surface area contributed by atoms with E-state index in [9.17, 15) is 4.79 Å². The second-order valence-electron chi connectivity index (χ2n) is 6.32. The highest BCUT2D eigenvalue weighted by atomic mass is 16.5. The van der Waals surface area contributed by atoms with Crippen LogP contribution in [0.15, 0.2) is 0 Å². The van der Waals surface area contributed by atoms with E-state index in [4.69, 9.17) is 4.74 Å². The van der Waals surface area contributed by atoms with Crippen molar-refractivity contribution in [1.29, 1.82) is 0 Å². The zero-order chi connectivity index (χ0) is 13.5. The first-order valence-corrected chi connectivity index (χ1v) is 6.17. The first-order valence-electron chi connectivity index (χ1n) is 6.17. The molecule has 0 aromatic rings. The Morgan fingerprint density at radius 3 is 2.24 bits per heavy atom. The molecule has 0 bridgehead atoms. The van der Waals surface area contributed by atoms with Crippen LogP contribution >= 0.6 is 0 Å². The molecule has 0 saturated heterocycles. The van der Waals surface area contributed by atoms with Crippen LogP contribution in [-0.4, -0.2) is 38.3 Å². The highest BCUT2D eigenvalue weighted by molar-refractivity contribution is 5.78. The number of ether oxygens (including phenoxy) is 1. The average molecular weight is 244 g/mol. The normalized spacial score (nSPS) is 12.6. The molecule has 1 amide bonds. The van der Waals surface area contributed by atoms with E-state index in [-0.39, 0.29) is 16.9 Å². The Morgan fingerprint density at radius 1 is 1.18 bits per heavy atom. The molecule has 0 aliphatic rings. The molecule has 0 aromatic carbocycles. The minimum Gasteiger partial charge on any atom is -0.383 e. The van der Waals surface area contributed by atoms with Crippen molar-refractivity contribution in [3.8, 4) is 0 Å². The summed E-state index contributed by atoms with van der Waals surface area (Å²) in [6, 6.07) is 0. The summed E-state index contributed by atoms with van der Waals surface area (Å²) in [5.74, 6) is 0.0176. The third-order valence-electron chi connectivity index (χ3n) is 2.33. The van der Waals surface area contributed by atoms with E-state index >= 15 is 0 Å². The molecule has 0 fully saturated rings. The van der Waals surface area contributed by atoms with E-state index in [1.807, 2.05) is 0 Å². The Labute approximate surface area is 105 Å². The molecule has 0 rings (SSSR count). The van der Waals surface area contributed by atoms with Gasteiger partial charge in [0.25, 0.3) is 0 Å². The molecule has 0 saturated carbocycles. The van der Waals surface area contributed by atoms with Crippen LogP contribution in [0.5, 0.6) is 0 Å². The third-order valence-corrected chi connectivity index (χ3v) is 2.33. The first-order chi connectivity index (χ1) is 7.66. The minimum atomic E-state index is -0.0309. The van der Waals surface area contributed by atoms with Crippen molar-refractivity contribution < 1.29 is 9.53 Å². The Kier molecular flexibility index (Phi) is 6.72. The number of hydrogen-bond donors (Lipinski definition) is 2. The Bertz CT molecular complexity index is 232. The monoisotopic (exact) mass is 244 g/mol. The second-order valence-corrected chi connectivity index (χ2v) is 6.32. The number of hydrogen-bond acceptors (Lipinski definition) is 3. The number of rotatable bonds is 7. The lowest BCUT2D eigenvalue weighted by atomic mass is 9.82. The van der Waals surface area contributed by atoms with Crippen LogP contribution < -0.4 is 10.6 Å². The van der Waals surface area contributed by atoms with Crippen LogP contribution in [0.3, 0.4) is 0 Å². The van der Waals surface area contributed by atoms with E-state index in [0.717, 1.165) is 6.42 Å². The van der Waals surface area contributed by atoms with Crippen molar-refractivity contribution in [2.24, 2.45) is 5.41 Å². The van der Waals surface area contributed by atoms with Gasteiger partial charge < -0.3 is 15.4 Å². The minimum absolute atomic E-state index is 0.0176. The maximum Gasteiger partial charge on any atom is 0.234 e. The van der Waals surface area contributed by atoms with Gasteiger partial charge >= 0.3 is 0 Å². The molecule has 0 unspecified atom stereocenters. The quantitative estimate of drug-likeness (QED) is 0.668. The Balaban J connectivity index is 3.88. The summed E-state index contributed by atoms with van der Waals surface area (Å²) >= 11 is 0. The summed E-state index contributed by atoms with van der Waals surface area (Å²) < 4.78 is 4.87. The van der Waals surface area contributed by atoms with Crippen LogP contribution in [0.25, 0.3) is 0 Å². The molecule has 0 heterocycles. The molecule has 0 aliphatic carbocycles. The maximum atomic E-state index is 11.5. The molecule has 0 radical (unpaired) electrons. The topological polar surface area (TPSA) is 50.4 Å². The van der Waals surface area contributed by atoms with Crippen LogP contribution in [0, 0.1) is 5.41 Å². The summed E-state index contributed by atoms with van der Waals surface area (Å²) in [4.78, 5) is 11.5. The van der Waals surface area contributed by atoms with E-state index in [1.54, 1.807) is 7.11 Å². The Hall–Kier alpha value is -0.610. The largest absolute Gasteiger partial charge is 0.383 e. The zero-order valence-corrected chi connectivity index (χ0v) is 12.1. The molecule has 4 nitrogen and oxygen atoms in total. The van der Waals surface area contributed by atoms with Crippen molar-refractivity contribution in [3.63, 3.8) is 0 Å². The van der Waals surface area contributed by atoms with Gasteiger partial charge in [-0.1, -0.05) is 20.8 Å². The van der Waals surface area contributed by atoms with Crippen LogP contribution in [0.2, 0.25) is 0 Å². The van der Waals surface area contributed by atoms with Gasteiger partial charge in [0, 0.05) is 19.2 Å². The van der Waals surface area contributed by atoms with E-state index in [1.165, 1.54) is 0 Å². The molecule has 0 spiro atoms. The molecule has 4 heteroatoms. The second kappa shape index (κ2) is 6.97. The van der Waals surface area contributed by atoms with Crippen molar-refractivity contribution in [1.82, 2.24) is 10.6 Å². The van der Waals surface area contributed by atoms with Gasteiger partial charge in [-0.3, -0.25) is 4.79 Å². The molecule has 102 valence electrons. The number of methoxy groups -OCH3 is 1. The molecule has 2 N–H and O–H groups in total. The summed E-state index contributed by atoms with van der Waals surface area (Å²) in [5, 5.41) is 6.08. The van der Waals surface area contributed by atoms with Gasteiger partial charge in [-0.25, -0.2) is 0 Å². The van der Waals surface area contributed by atoms with Crippen LogP contribution in [0.1, 0.15) is 41.0 Å². The number of carbonyl (C=O) groups excluding carboxylic acids is 1. The molecule has 0 aliphatic heterocycles. The maximum absolute atomic E-state index is 11.5. The third kappa shape index (κ3) is 10.3. The smallest absolute Gasteiger partial charge is 0.234 e. The molecule has 0 atom stereocenters. The van der Waals surface area contributed by atoms with Crippen LogP contribution in [-0.2, 0) is 9.53 Å².